The zero-order chi connectivity index (χ0) is 19.8. The Morgan fingerprint density at radius 3 is 2.11 bits per heavy atom. The third-order valence-electron chi connectivity index (χ3n) is 4.15. The highest BCUT2D eigenvalue weighted by Crippen LogP contribution is 2.16. The Kier molecular flexibility index (Phi) is 6.41. The Hall–Kier alpha value is -3.60. The van der Waals surface area contributed by atoms with E-state index < -0.39 is 0 Å². The van der Waals surface area contributed by atoms with E-state index in [1.165, 1.54) is 7.11 Å². The van der Waals surface area contributed by atoms with Gasteiger partial charge >= 0.3 is 5.97 Å². The molecule has 0 saturated heterocycles. The number of para-hydroxylation sites is 1. The standard InChI is InChI=1S/C23H21NO4/c1-27-22(25)15-17-9-13-21(14-10-17)28-16-18-7-11-19(12-8-18)23(26)24-20-5-3-2-4-6-20/h2-14H,15-16H2,1H3,(H,24,26). The van der Waals surface area contributed by atoms with Gasteiger partial charge in [0.25, 0.3) is 5.91 Å². The van der Waals surface area contributed by atoms with E-state index in [0.29, 0.717) is 17.9 Å². The summed E-state index contributed by atoms with van der Waals surface area (Å²) in [5.74, 6) is 0.282. The van der Waals surface area contributed by atoms with Gasteiger partial charge in [0.1, 0.15) is 12.4 Å². The van der Waals surface area contributed by atoms with Gasteiger partial charge in [0, 0.05) is 11.3 Å². The molecular formula is C23H21NO4. The van der Waals surface area contributed by atoms with Gasteiger partial charge in [0.2, 0.25) is 0 Å². The molecule has 142 valence electrons. The number of ether oxygens (including phenoxy) is 2. The fraction of sp³-hybridized carbons (Fsp3) is 0.130. The van der Waals surface area contributed by atoms with Crippen LogP contribution in [0.4, 0.5) is 5.69 Å². The van der Waals surface area contributed by atoms with Gasteiger partial charge in [0.15, 0.2) is 0 Å². The lowest BCUT2D eigenvalue weighted by atomic mass is 10.1. The lowest BCUT2D eigenvalue weighted by molar-refractivity contribution is -0.139. The summed E-state index contributed by atoms with van der Waals surface area (Å²) >= 11 is 0. The first-order valence-electron chi connectivity index (χ1n) is 8.88. The van der Waals surface area contributed by atoms with E-state index in [2.05, 4.69) is 10.1 Å². The molecule has 0 aliphatic rings. The van der Waals surface area contributed by atoms with E-state index in [4.69, 9.17) is 4.74 Å². The molecular weight excluding hydrogens is 354 g/mol. The summed E-state index contributed by atoms with van der Waals surface area (Å²) in [5.41, 5.74) is 3.17. The predicted molar refractivity (Wildman–Crippen MR) is 107 cm³/mol. The van der Waals surface area contributed by atoms with Crippen molar-refractivity contribution >= 4 is 17.6 Å². The van der Waals surface area contributed by atoms with Gasteiger partial charge in [-0.15, -0.1) is 0 Å². The predicted octanol–water partition coefficient (Wildman–Crippen LogP) is 4.23. The second-order valence-electron chi connectivity index (χ2n) is 6.20. The molecule has 0 atom stereocenters. The van der Waals surface area contributed by atoms with Gasteiger partial charge in [-0.1, -0.05) is 42.5 Å². The molecule has 0 unspecified atom stereocenters. The SMILES string of the molecule is COC(=O)Cc1ccc(OCc2ccc(C(=O)Nc3ccccc3)cc2)cc1. The molecule has 1 amide bonds. The first-order valence-corrected chi connectivity index (χ1v) is 8.88. The van der Waals surface area contributed by atoms with Crippen LogP contribution in [0.2, 0.25) is 0 Å². The van der Waals surface area contributed by atoms with Gasteiger partial charge in [-0.25, -0.2) is 0 Å². The molecule has 0 aliphatic heterocycles. The highest BCUT2D eigenvalue weighted by Gasteiger charge is 2.06. The molecule has 3 aromatic rings. The summed E-state index contributed by atoms with van der Waals surface area (Å²) in [6.45, 7) is 0.386. The van der Waals surface area contributed by atoms with Gasteiger partial charge < -0.3 is 14.8 Å². The lowest BCUT2D eigenvalue weighted by Gasteiger charge is -2.09. The highest BCUT2D eigenvalue weighted by molar-refractivity contribution is 6.04. The number of carbonyl (C=O) groups is 2. The van der Waals surface area contributed by atoms with Crippen LogP contribution in [0.3, 0.4) is 0 Å². The summed E-state index contributed by atoms with van der Waals surface area (Å²) < 4.78 is 10.4. The van der Waals surface area contributed by atoms with E-state index in [1.807, 2.05) is 66.7 Å². The number of nitrogens with one attached hydrogen (secondary N) is 1. The number of carbonyl (C=O) groups excluding carboxylic acids is 2. The number of anilines is 1. The molecule has 0 bridgehead atoms. The minimum atomic E-state index is -0.273. The highest BCUT2D eigenvalue weighted by atomic mass is 16.5. The molecule has 0 heterocycles. The van der Waals surface area contributed by atoms with E-state index in [-0.39, 0.29) is 18.3 Å². The van der Waals surface area contributed by atoms with Crippen molar-refractivity contribution in [3.8, 4) is 5.75 Å². The Labute approximate surface area is 163 Å². The van der Waals surface area contributed by atoms with Crippen molar-refractivity contribution < 1.29 is 19.1 Å². The van der Waals surface area contributed by atoms with Gasteiger partial charge in [-0.3, -0.25) is 9.59 Å². The quantitative estimate of drug-likeness (QED) is 0.628. The normalized spacial score (nSPS) is 10.2. The second-order valence-corrected chi connectivity index (χ2v) is 6.20. The van der Waals surface area contributed by atoms with Crippen molar-refractivity contribution in [3.63, 3.8) is 0 Å². The van der Waals surface area contributed by atoms with Gasteiger partial charge in [-0.05, 0) is 47.5 Å². The van der Waals surface area contributed by atoms with Gasteiger partial charge in [0.05, 0.1) is 13.5 Å². The van der Waals surface area contributed by atoms with Crippen molar-refractivity contribution in [1.29, 1.82) is 0 Å². The third kappa shape index (κ3) is 5.45. The largest absolute Gasteiger partial charge is 0.489 e. The van der Waals surface area contributed by atoms with E-state index in [0.717, 1.165) is 16.8 Å². The van der Waals surface area contributed by atoms with Crippen molar-refractivity contribution in [1.82, 2.24) is 0 Å². The summed E-state index contributed by atoms with van der Waals surface area (Å²) in [6, 6.07) is 23.9. The molecule has 3 rings (SSSR count). The second kappa shape index (κ2) is 9.37. The van der Waals surface area contributed by atoms with Crippen LogP contribution in [0.15, 0.2) is 78.9 Å². The number of hydrogen-bond acceptors (Lipinski definition) is 4. The van der Waals surface area contributed by atoms with Crippen molar-refractivity contribution in [2.24, 2.45) is 0 Å². The topological polar surface area (TPSA) is 64.6 Å². The maximum atomic E-state index is 12.3. The van der Waals surface area contributed by atoms with Crippen LogP contribution in [0.1, 0.15) is 21.5 Å². The van der Waals surface area contributed by atoms with Crippen molar-refractivity contribution in [2.45, 2.75) is 13.0 Å². The van der Waals surface area contributed by atoms with E-state index >= 15 is 0 Å². The summed E-state index contributed by atoms with van der Waals surface area (Å²) in [5, 5.41) is 2.86. The Morgan fingerprint density at radius 2 is 1.46 bits per heavy atom. The maximum absolute atomic E-state index is 12.3. The molecule has 5 nitrogen and oxygen atoms in total. The molecule has 5 heteroatoms. The number of benzene rings is 3. The zero-order valence-corrected chi connectivity index (χ0v) is 15.6. The molecule has 3 aromatic carbocycles. The summed E-state index contributed by atoms with van der Waals surface area (Å²) in [6.07, 6.45) is 0.239. The first kappa shape index (κ1) is 19.2. The molecule has 0 saturated carbocycles. The zero-order valence-electron chi connectivity index (χ0n) is 15.6. The average Bonchev–Trinajstić information content (AvgIpc) is 2.74. The first-order chi connectivity index (χ1) is 13.6. The number of esters is 1. The Balaban J connectivity index is 1.53. The molecule has 0 spiro atoms. The van der Waals surface area contributed by atoms with Gasteiger partial charge in [-0.2, -0.15) is 0 Å². The molecule has 0 fully saturated rings. The smallest absolute Gasteiger partial charge is 0.309 e. The Bertz CT molecular complexity index is 919. The fourth-order valence-electron chi connectivity index (χ4n) is 2.59. The van der Waals surface area contributed by atoms with Crippen LogP contribution in [0, 0.1) is 0 Å². The summed E-state index contributed by atoms with van der Waals surface area (Å²) in [4.78, 5) is 23.5. The molecule has 0 radical (unpaired) electrons. The van der Waals surface area contributed by atoms with Crippen LogP contribution in [-0.4, -0.2) is 19.0 Å². The number of amides is 1. The average molecular weight is 375 g/mol. The molecule has 1 N–H and O–H groups in total. The van der Waals surface area contributed by atoms with Crippen molar-refractivity contribution in [3.05, 3.63) is 95.6 Å². The number of rotatable bonds is 7. The van der Waals surface area contributed by atoms with E-state index in [9.17, 15) is 9.59 Å². The molecule has 0 aromatic heterocycles. The lowest BCUT2D eigenvalue weighted by Crippen LogP contribution is -2.11. The van der Waals surface area contributed by atoms with Crippen LogP contribution in [-0.2, 0) is 22.6 Å². The fourth-order valence-corrected chi connectivity index (χ4v) is 2.59. The minimum Gasteiger partial charge on any atom is -0.489 e. The van der Waals surface area contributed by atoms with E-state index in [1.54, 1.807) is 12.1 Å². The minimum absolute atomic E-state index is 0.153. The van der Waals surface area contributed by atoms with Crippen LogP contribution < -0.4 is 10.1 Å². The number of methoxy groups -OCH3 is 1. The Morgan fingerprint density at radius 1 is 0.821 bits per heavy atom. The molecule has 28 heavy (non-hydrogen) atoms. The summed E-state index contributed by atoms with van der Waals surface area (Å²) in [7, 11) is 1.37. The monoisotopic (exact) mass is 375 g/mol. The third-order valence-corrected chi connectivity index (χ3v) is 4.15. The van der Waals surface area contributed by atoms with Crippen LogP contribution in [0.5, 0.6) is 5.75 Å². The van der Waals surface area contributed by atoms with Crippen molar-refractivity contribution in [2.75, 3.05) is 12.4 Å². The van der Waals surface area contributed by atoms with Crippen LogP contribution >= 0.6 is 0 Å². The number of hydrogen-bond donors (Lipinski definition) is 1. The van der Waals surface area contributed by atoms with Crippen LogP contribution in [0.25, 0.3) is 0 Å². The maximum Gasteiger partial charge on any atom is 0.309 e. The molecule has 0 aliphatic carbocycles.